The van der Waals surface area contributed by atoms with E-state index in [1.165, 1.54) is 33.9 Å². The molecule has 14 heavy (non-hydrogen) atoms. The van der Waals surface area contributed by atoms with Crippen molar-refractivity contribution in [2.75, 3.05) is 0 Å². The molecule has 70 valence electrons. The first kappa shape index (κ1) is 8.36. The molecule has 0 aromatic carbocycles. The summed E-state index contributed by atoms with van der Waals surface area (Å²) in [5.41, 5.74) is 0. The second-order valence-electron chi connectivity index (χ2n) is 2.53. The Morgan fingerprint density at radius 3 is 1.71 bits per heavy atom. The molecule has 2 rings (SSSR count). The summed E-state index contributed by atoms with van der Waals surface area (Å²) in [5, 5.41) is 0. The zero-order chi connectivity index (χ0) is 9.97. The van der Waals surface area contributed by atoms with Crippen LogP contribution in [0.4, 0.5) is 0 Å². The molecular weight excluding hydrogens is 184 g/mol. The maximum Gasteiger partial charge on any atom is 0.219 e. The first-order valence-corrected chi connectivity index (χ1v) is 3.83. The van der Waals surface area contributed by atoms with E-state index in [1.54, 1.807) is 0 Å². The van der Waals surface area contributed by atoms with Crippen LogP contribution in [0.15, 0.2) is 24.8 Å². The molecule has 0 aliphatic heterocycles. The fourth-order valence-corrected chi connectivity index (χ4v) is 1.14. The van der Waals surface area contributed by atoms with Gasteiger partial charge in [0.1, 0.15) is 0 Å². The van der Waals surface area contributed by atoms with Gasteiger partial charge in [-0.25, -0.2) is 9.97 Å². The monoisotopic (exact) mass is 190 g/mol. The van der Waals surface area contributed by atoms with E-state index in [9.17, 15) is 9.59 Å². The molecule has 0 unspecified atom stereocenters. The molecule has 2 heterocycles. The van der Waals surface area contributed by atoms with Gasteiger partial charge in [0.15, 0.2) is 11.6 Å². The van der Waals surface area contributed by atoms with Crippen molar-refractivity contribution in [3.05, 3.63) is 24.8 Å². The van der Waals surface area contributed by atoms with Crippen LogP contribution in [-0.4, -0.2) is 31.9 Å². The Balaban J connectivity index is 2.59. The number of carbonyl (C=O) groups excluding carboxylic acids is 2. The fourth-order valence-electron chi connectivity index (χ4n) is 1.14. The van der Waals surface area contributed by atoms with Gasteiger partial charge in [-0.15, -0.1) is 0 Å². The highest BCUT2D eigenvalue weighted by molar-refractivity contribution is 5.67. The lowest BCUT2D eigenvalue weighted by atomic mass is 10.5. The molecule has 2 aromatic rings. The van der Waals surface area contributed by atoms with Crippen LogP contribution in [0.1, 0.15) is 0 Å². The average molecular weight is 190 g/mol. The number of imidazole rings is 2. The van der Waals surface area contributed by atoms with E-state index in [0.29, 0.717) is 24.5 Å². The summed E-state index contributed by atoms with van der Waals surface area (Å²) in [5.74, 6) is 0.689. The Bertz CT molecular complexity index is 427. The van der Waals surface area contributed by atoms with Crippen LogP contribution in [0, 0.1) is 0 Å². The molecule has 0 spiro atoms. The first-order valence-electron chi connectivity index (χ1n) is 3.83. The minimum Gasteiger partial charge on any atom is -0.278 e. The molecular formula is C8H6N4O2. The molecule has 0 amide bonds. The summed E-state index contributed by atoms with van der Waals surface area (Å²) in [6.07, 6.45) is 7.12. The molecule has 2 aromatic heterocycles. The van der Waals surface area contributed by atoms with E-state index in [4.69, 9.17) is 0 Å². The topological polar surface area (TPSA) is 69.8 Å². The third kappa shape index (κ3) is 1.13. The Kier molecular flexibility index (Phi) is 1.94. The van der Waals surface area contributed by atoms with Gasteiger partial charge in [-0.1, -0.05) is 0 Å². The van der Waals surface area contributed by atoms with Gasteiger partial charge in [-0.3, -0.25) is 18.7 Å². The number of nitrogens with zero attached hydrogens (tertiary/aromatic N) is 4. The van der Waals surface area contributed by atoms with Gasteiger partial charge >= 0.3 is 0 Å². The average Bonchev–Trinajstić information content (AvgIpc) is 2.85. The number of rotatable bonds is 3. The van der Waals surface area contributed by atoms with Crippen LogP contribution >= 0.6 is 0 Å². The standard InChI is InChI=1S/C8H6N4O2/c13-5-11-3-1-9-7(11)8-10-2-4-12(8)6-14/h1-6H. The van der Waals surface area contributed by atoms with Gasteiger partial charge in [-0.2, -0.15) is 0 Å². The van der Waals surface area contributed by atoms with Crippen molar-refractivity contribution in [2.45, 2.75) is 0 Å². The van der Waals surface area contributed by atoms with Crippen molar-refractivity contribution in [2.24, 2.45) is 0 Å². The normalized spacial score (nSPS) is 10.0. The summed E-state index contributed by atoms with van der Waals surface area (Å²) in [6.45, 7) is 0. The molecule has 0 fully saturated rings. The highest BCUT2D eigenvalue weighted by atomic mass is 16.1. The number of hydrogen-bond donors (Lipinski definition) is 0. The highest BCUT2D eigenvalue weighted by Crippen LogP contribution is 2.12. The van der Waals surface area contributed by atoms with Crippen LogP contribution in [-0.2, 0) is 9.59 Å². The lowest BCUT2D eigenvalue weighted by Crippen LogP contribution is -2.03. The predicted molar refractivity (Wildman–Crippen MR) is 47.7 cm³/mol. The minimum absolute atomic E-state index is 0.345. The van der Waals surface area contributed by atoms with Gasteiger partial charge in [0.05, 0.1) is 0 Å². The van der Waals surface area contributed by atoms with Crippen molar-refractivity contribution in [3.63, 3.8) is 0 Å². The zero-order valence-electron chi connectivity index (χ0n) is 7.07. The Morgan fingerprint density at radius 1 is 0.929 bits per heavy atom. The second-order valence-corrected chi connectivity index (χ2v) is 2.53. The third-order valence-electron chi connectivity index (χ3n) is 1.76. The quantitative estimate of drug-likeness (QED) is 0.629. The lowest BCUT2D eigenvalue weighted by Gasteiger charge is -1.98. The summed E-state index contributed by atoms with van der Waals surface area (Å²) in [6, 6.07) is 0. The van der Waals surface area contributed by atoms with Crippen LogP contribution in [0.5, 0.6) is 0 Å². The third-order valence-corrected chi connectivity index (χ3v) is 1.76. The van der Waals surface area contributed by atoms with Crippen molar-refractivity contribution in [1.82, 2.24) is 19.1 Å². The Labute approximate surface area is 78.8 Å². The van der Waals surface area contributed by atoms with Gasteiger partial charge in [0, 0.05) is 24.8 Å². The van der Waals surface area contributed by atoms with Crippen molar-refractivity contribution < 1.29 is 9.59 Å². The molecule has 6 heteroatoms. The SMILES string of the molecule is O=Cn1ccnc1-c1nccn1C=O. The van der Waals surface area contributed by atoms with E-state index >= 15 is 0 Å². The Hall–Kier alpha value is -2.24. The summed E-state index contributed by atoms with van der Waals surface area (Å²) >= 11 is 0. The van der Waals surface area contributed by atoms with E-state index in [0.717, 1.165) is 0 Å². The van der Waals surface area contributed by atoms with Gasteiger partial charge in [-0.05, 0) is 0 Å². The molecule has 0 atom stereocenters. The molecule has 0 N–H and O–H groups in total. The fraction of sp³-hybridized carbons (Fsp3) is 0. The number of carbonyl (C=O) groups is 2. The zero-order valence-corrected chi connectivity index (χ0v) is 7.07. The smallest absolute Gasteiger partial charge is 0.219 e. The van der Waals surface area contributed by atoms with Crippen molar-refractivity contribution in [3.8, 4) is 11.6 Å². The number of hydrogen-bond acceptors (Lipinski definition) is 4. The molecule has 0 saturated heterocycles. The molecule has 0 saturated carbocycles. The van der Waals surface area contributed by atoms with E-state index < -0.39 is 0 Å². The minimum atomic E-state index is 0.345. The largest absolute Gasteiger partial charge is 0.278 e. The molecule has 0 bridgehead atoms. The lowest BCUT2D eigenvalue weighted by molar-refractivity contribution is 0.544. The van der Waals surface area contributed by atoms with E-state index in [1.807, 2.05) is 0 Å². The van der Waals surface area contributed by atoms with Crippen LogP contribution in [0.25, 0.3) is 11.6 Å². The summed E-state index contributed by atoms with van der Waals surface area (Å²) < 4.78 is 2.50. The first-order chi connectivity index (χ1) is 6.86. The number of aromatic nitrogens is 4. The van der Waals surface area contributed by atoms with Crippen molar-refractivity contribution >= 4 is 12.8 Å². The summed E-state index contributed by atoms with van der Waals surface area (Å²) in [4.78, 5) is 29.0. The van der Waals surface area contributed by atoms with Crippen molar-refractivity contribution in [1.29, 1.82) is 0 Å². The van der Waals surface area contributed by atoms with Crippen LogP contribution < -0.4 is 0 Å². The molecule has 0 aliphatic carbocycles. The van der Waals surface area contributed by atoms with Crippen LogP contribution in [0.2, 0.25) is 0 Å². The maximum absolute atomic E-state index is 10.6. The van der Waals surface area contributed by atoms with Gasteiger partial charge in [0.2, 0.25) is 12.8 Å². The predicted octanol–water partition coefficient (Wildman–Crippen LogP) is -0.177. The highest BCUT2D eigenvalue weighted by Gasteiger charge is 2.10. The second kappa shape index (κ2) is 3.25. The van der Waals surface area contributed by atoms with Crippen LogP contribution in [0.3, 0.4) is 0 Å². The molecule has 0 aliphatic rings. The van der Waals surface area contributed by atoms with Gasteiger partial charge < -0.3 is 0 Å². The summed E-state index contributed by atoms with van der Waals surface area (Å²) in [7, 11) is 0. The van der Waals surface area contributed by atoms with E-state index in [-0.39, 0.29) is 0 Å². The Morgan fingerprint density at radius 2 is 1.36 bits per heavy atom. The van der Waals surface area contributed by atoms with Gasteiger partial charge in [0.25, 0.3) is 0 Å². The van der Waals surface area contributed by atoms with E-state index in [2.05, 4.69) is 9.97 Å². The maximum atomic E-state index is 10.6. The molecule has 0 radical (unpaired) electrons. The molecule has 6 nitrogen and oxygen atoms in total.